The predicted octanol–water partition coefficient (Wildman–Crippen LogP) is 5.95. The van der Waals surface area contributed by atoms with Crippen LogP contribution in [-0.4, -0.2) is 48.8 Å². The van der Waals surface area contributed by atoms with Crippen molar-refractivity contribution < 1.29 is 14.3 Å². The number of amides is 3. The molecule has 33 heavy (non-hydrogen) atoms. The maximum absolute atomic E-state index is 13.2. The summed E-state index contributed by atoms with van der Waals surface area (Å²) in [4.78, 5) is 32.7. The number of hydrogen-bond acceptors (Lipinski definition) is 4. The molecule has 2 N–H and O–H groups in total. The normalized spacial score (nSPS) is 14.8. The summed E-state index contributed by atoms with van der Waals surface area (Å²) in [5.41, 5.74) is 3.43. The molecule has 2 heterocycles. The van der Waals surface area contributed by atoms with Gasteiger partial charge in [0, 0.05) is 22.8 Å². The van der Waals surface area contributed by atoms with E-state index in [0.29, 0.717) is 17.3 Å². The van der Waals surface area contributed by atoms with Crippen LogP contribution in [0.2, 0.25) is 0 Å². The third-order valence-electron chi connectivity index (χ3n) is 6.25. The molecule has 0 saturated carbocycles. The number of para-hydroxylation sites is 1. The number of carbonyl (C=O) groups excluding carboxylic acids is 2. The SMILES string of the molecule is CCCCOC(=O)N(C(=O)Nc1ccc2[nH]cc(C3CCN(C)CC3)c2c1)c1ccccc1. The largest absolute Gasteiger partial charge is 0.449 e. The summed E-state index contributed by atoms with van der Waals surface area (Å²) in [5.74, 6) is 0.496. The van der Waals surface area contributed by atoms with Crippen LogP contribution in [0.25, 0.3) is 10.9 Å². The van der Waals surface area contributed by atoms with Gasteiger partial charge in [-0.05, 0) is 81.2 Å². The summed E-state index contributed by atoms with van der Waals surface area (Å²) >= 11 is 0. The first-order valence-corrected chi connectivity index (χ1v) is 11.7. The minimum atomic E-state index is -0.679. The highest BCUT2D eigenvalue weighted by Crippen LogP contribution is 2.34. The fraction of sp³-hybridized carbons (Fsp3) is 0.385. The summed E-state index contributed by atoms with van der Waals surface area (Å²) in [6, 6.07) is 14.1. The molecule has 1 aromatic heterocycles. The number of rotatable bonds is 6. The minimum absolute atomic E-state index is 0.279. The van der Waals surface area contributed by atoms with E-state index in [1.807, 2.05) is 31.2 Å². The monoisotopic (exact) mass is 448 g/mol. The van der Waals surface area contributed by atoms with Crippen molar-refractivity contribution in [2.24, 2.45) is 0 Å². The first-order valence-electron chi connectivity index (χ1n) is 11.7. The number of aromatic nitrogens is 1. The zero-order valence-corrected chi connectivity index (χ0v) is 19.3. The van der Waals surface area contributed by atoms with Crippen LogP contribution in [0, 0.1) is 0 Å². The van der Waals surface area contributed by atoms with Gasteiger partial charge >= 0.3 is 12.1 Å². The van der Waals surface area contributed by atoms with Gasteiger partial charge < -0.3 is 19.9 Å². The number of carbonyl (C=O) groups is 2. The highest BCUT2D eigenvalue weighted by molar-refractivity contribution is 6.16. The maximum Gasteiger partial charge on any atom is 0.422 e. The second-order valence-corrected chi connectivity index (χ2v) is 8.65. The summed E-state index contributed by atoms with van der Waals surface area (Å²) in [6.45, 7) is 4.47. The van der Waals surface area contributed by atoms with Crippen molar-refractivity contribution in [3.05, 3.63) is 60.3 Å². The Balaban J connectivity index is 1.55. The Morgan fingerprint density at radius 1 is 1.15 bits per heavy atom. The molecule has 0 atom stereocenters. The Morgan fingerprint density at radius 2 is 1.91 bits per heavy atom. The molecular weight excluding hydrogens is 416 g/mol. The number of piperidine rings is 1. The van der Waals surface area contributed by atoms with E-state index in [0.717, 1.165) is 54.6 Å². The van der Waals surface area contributed by atoms with Crippen LogP contribution in [-0.2, 0) is 4.74 Å². The average Bonchev–Trinajstić information content (AvgIpc) is 3.24. The Hall–Kier alpha value is -3.32. The number of likely N-dealkylation sites (tertiary alicyclic amines) is 1. The summed E-state index contributed by atoms with van der Waals surface area (Å²) in [7, 11) is 2.16. The number of urea groups is 1. The lowest BCUT2D eigenvalue weighted by Gasteiger charge is -2.28. The molecule has 1 aliphatic heterocycles. The summed E-state index contributed by atoms with van der Waals surface area (Å²) < 4.78 is 5.34. The average molecular weight is 449 g/mol. The van der Waals surface area contributed by atoms with Crippen molar-refractivity contribution in [2.45, 2.75) is 38.5 Å². The molecule has 1 saturated heterocycles. The molecule has 1 aliphatic rings. The van der Waals surface area contributed by atoms with Gasteiger partial charge in [-0.3, -0.25) is 0 Å². The topological polar surface area (TPSA) is 77.7 Å². The predicted molar refractivity (Wildman–Crippen MR) is 132 cm³/mol. The van der Waals surface area contributed by atoms with E-state index in [1.165, 1.54) is 5.56 Å². The number of anilines is 2. The van der Waals surface area contributed by atoms with E-state index < -0.39 is 12.1 Å². The molecule has 7 heteroatoms. The molecule has 2 aromatic carbocycles. The van der Waals surface area contributed by atoms with E-state index in [2.05, 4.69) is 28.4 Å². The Kier molecular flexibility index (Phi) is 7.29. The zero-order valence-electron chi connectivity index (χ0n) is 19.3. The quantitative estimate of drug-likeness (QED) is 0.457. The van der Waals surface area contributed by atoms with Crippen LogP contribution in [0.1, 0.15) is 44.1 Å². The van der Waals surface area contributed by atoms with Gasteiger partial charge in [-0.1, -0.05) is 31.5 Å². The van der Waals surface area contributed by atoms with E-state index in [9.17, 15) is 9.59 Å². The van der Waals surface area contributed by atoms with Gasteiger partial charge in [-0.2, -0.15) is 4.90 Å². The summed E-state index contributed by atoms with van der Waals surface area (Å²) in [5, 5.41) is 4.01. The van der Waals surface area contributed by atoms with Gasteiger partial charge in [-0.25, -0.2) is 9.59 Å². The van der Waals surface area contributed by atoms with Crippen molar-refractivity contribution in [2.75, 3.05) is 37.0 Å². The Bertz CT molecular complexity index is 1090. The molecule has 4 rings (SSSR count). The van der Waals surface area contributed by atoms with Crippen molar-refractivity contribution in [3.8, 4) is 0 Å². The molecule has 3 aromatic rings. The number of H-pyrrole nitrogens is 1. The lowest BCUT2D eigenvalue weighted by Crippen LogP contribution is -2.40. The first kappa shape index (κ1) is 22.9. The maximum atomic E-state index is 13.2. The zero-order chi connectivity index (χ0) is 23.2. The number of nitrogens with one attached hydrogen (secondary N) is 2. The molecular formula is C26H32N4O3. The lowest BCUT2D eigenvalue weighted by molar-refractivity contribution is 0.153. The van der Waals surface area contributed by atoms with Crippen LogP contribution in [0.3, 0.4) is 0 Å². The number of nitrogens with zero attached hydrogens (tertiary/aromatic N) is 2. The Morgan fingerprint density at radius 3 is 2.64 bits per heavy atom. The number of benzene rings is 2. The highest BCUT2D eigenvalue weighted by Gasteiger charge is 2.26. The fourth-order valence-corrected chi connectivity index (χ4v) is 4.31. The lowest BCUT2D eigenvalue weighted by atomic mass is 9.89. The van der Waals surface area contributed by atoms with Crippen LogP contribution in [0.5, 0.6) is 0 Å². The molecule has 0 unspecified atom stereocenters. The molecule has 174 valence electrons. The van der Waals surface area contributed by atoms with Crippen LogP contribution in [0.15, 0.2) is 54.7 Å². The van der Waals surface area contributed by atoms with E-state index in [-0.39, 0.29) is 6.61 Å². The van der Waals surface area contributed by atoms with E-state index in [4.69, 9.17) is 4.74 Å². The van der Waals surface area contributed by atoms with E-state index >= 15 is 0 Å². The third kappa shape index (κ3) is 5.37. The van der Waals surface area contributed by atoms with Crippen LogP contribution < -0.4 is 10.2 Å². The van der Waals surface area contributed by atoms with Gasteiger partial charge in [-0.15, -0.1) is 0 Å². The fourth-order valence-electron chi connectivity index (χ4n) is 4.31. The van der Waals surface area contributed by atoms with Gasteiger partial charge in [0.1, 0.15) is 0 Å². The van der Waals surface area contributed by atoms with Gasteiger partial charge in [0.25, 0.3) is 0 Å². The molecule has 3 amide bonds. The molecule has 7 nitrogen and oxygen atoms in total. The van der Waals surface area contributed by atoms with Gasteiger partial charge in [0.15, 0.2) is 0 Å². The van der Waals surface area contributed by atoms with Crippen molar-refractivity contribution in [1.29, 1.82) is 0 Å². The third-order valence-corrected chi connectivity index (χ3v) is 6.25. The van der Waals surface area contributed by atoms with Crippen LogP contribution in [0.4, 0.5) is 21.0 Å². The Labute approximate surface area is 194 Å². The molecule has 0 spiro atoms. The van der Waals surface area contributed by atoms with Crippen molar-refractivity contribution >= 4 is 34.4 Å². The number of aromatic amines is 1. The second-order valence-electron chi connectivity index (χ2n) is 8.65. The first-order chi connectivity index (χ1) is 16.1. The minimum Gasteiger partial charge on any atom is -0.449 e. The standard InChI is InChI=1S/C26H32N4O3/c1-3-4-16-33-26(32)30(21-8-6-5-7-9-21)25(31)28-20-10-11-24-22(17-20)23(18-27-24)19-12-14-29(2)15-13-19/h5-11,17-19,27H,3-4,12-16H2,1-2H3,(H,28,31). The number of unbranched alkanes of at least 4 members (excludes halogenated alkanes) is 1. The van der Waals surface area contributed by atoms with Gasteiger partial charge in [0.05, 0.1) is 12.3 Å². The number of imide groups is 1. The number of hydrogen-bond donors (Lipinski definition) is 2. The van der Waals surface area contributed by atoms with Crippen LogP contribution >= 0.6 is 0 Å². The van der Waals surface area contributed by atoms with Crippen molar-refractivity contribution in [1.82, 2.24) is 9.88 Å². The highest BCUT2D eigenvalue weighted by atomic mass is 16.6. The van der Waals surface area contributed by atoms with Crippen molar-refractivity contribution in [3.63, 3.8) is 0 Å². The number of fused-ring (bicyclic) bond motifs is 1. The molecule has 0 bridgehead atoms. The molecule has 1 fully saturated rings. The molecule has 0 radical (unpaired) electrons. The number of ether oxygens (including phenoxy) is 1. The second kappa shape index (κ2) is 10.5. The smallest absolute Gasteiger partial charge is 0.422 e. The van der Waals surface area contributed by atoms with E-state index in [1.54, 1.807) is 24.3 Å². The molecule has 0 aliphatic carbocycles. The summed E-state index contributed by atoms with van der Waals surface area (Å²) in [6.07, 6.45) is 5.30. The van der Waals surface area contributed by atoms with Gasteiger partial charge in [0.2, 0.25) is 0 Å².